The number of thioether (sulfide) groups is 1. The molecule has 8 heteroatoms. The van der Waals surface area contributed by atoms with Crippen molar-refractivity contribution in [3.8, 4) is 0 Å². The van der Waals surface area contributed by atoms with Crippen LogP contribution in [0.5, 0.6) is 0 Å². The maximum Gasteiger partial charge on any atom is 0.259 e. The van der Waals surface area contributed by atoms with E-state index in [-0.39, 0.29) is 17.5 Å². The fourth-order valence-corrected chi connectivity index (χ4v) is 6.46. The second-order valence-corrected chi connectivity index (χ2v) is 10.2. The Morgan fingerprint density at radius 3 is 3.07 bits per heavy atom. The third-order valence-electron chi connectivity index (χ3n) is 5.25. The number of fused-ring (bicyclic) bond motifs is 3. The van der Waals surface area contributed by atoms with E-state index in [0.29, 0.717) is 23.8 Å². The van der Waals surface area contributed by atoms with E-state index in [0.717, 1.165) is 29.5 Å². The number of nitrogens with zero attached hydrogens (tertiary/aromatic N) is 2. The van der Waals surface area contributed by atoms with Gasteiger partial charge in [0.2, 0.25) is 5.91 Å². The van der Waals surface area contributed by atoms with Crippen LogP contribution in [0.15, 0.2) is 22.3 Å². The van der Waals surface area contributed by atoms with Crippen LogP contribution in [0.1, 0.15) is 46.9 Å². The van der Waals surface area contributed by atoms with Gasteiger partial charge in [-0.2, -0.15) is 11.8 Å². The number of carbonyl (C=O) groups excluding carboxylic acids is 1. The summed E-state index contributed by atoms with van der Waals surface area (Å²) in [4.78, 5) is 37.7. The normalized spacial score (nSPS) is 14.4. The maximum atomic E-state index is 12.5. The molecule has 0 bridgehead atoms. The van der Waals surface area contributed by atoms with E-state index in [1.165, 1.54) is 15.3 Å². The van der Waals surface area contributed by atoms with E-state index in [1.54, 1.807) is 34.4 Å². The van der Waals surface area contributed by atoms with Crippen molar-refractivity contribution in [3.63, 3.8) is 0 Å². The van der Waals surface area contributed by atoms with Crippen LogP contribution in [0.3, 0.4) is 0 Å². The minimum absolute atomic E-state index is 0.0133. The summed E-state index contributed by atoms with van der Waals surface area (Å²) in [5, 5.41) is 2.83. The van der Waals surface area contributed by atoms with Crippen LogP contribution in [0.25, 0.3) is 10.2 Å². The Balaban J connectivity index is 1.32. The number of amides is 1. The minimum atomic E-state index is -0.0133. The summed E-state index contributed by atoms with van der Waals surface area (Å²) in [6.07, 6.45) is 3.69. The second kappa shape index (κ2) is 8.39. The average molecular weight is 434 g/mol. The number of thiophene rings is 2. The number of nitrogens with one attached hydrogen (secondary N) is 1. The highest BCUT2D eigenvalue weighted by molar-refractivity contribution is 7.98. The van der Waals surface area contributed by atoms with Gasteiger partial charge in [0.05, 0.1) is 17.2 Å². The number of hydrogen-bond donors (Lipinski definition) is 1. The van der Waals surface area contributed by atoms with Crippen molar-refractivity contribution in [2.24, 2.45) is 0 Å². The van der Waals surface area contributed by atoms with Gasteiger partial charge in [0.1, 0.15) is 10.7 Å². The molecule has 0 spiro atoms. The summed E-state index contributed by atoms with van der Waals surface area (Å²) in [6.45, 7) is 2.05. The van der Waals surface area contributed by atoms with E-state index in [4.69, 9.17) is 0 Å². The molecule has 0 radical (unpaired) electrons. The number of rotatable bonds is 7. The Morgan fingerprint density at radius 1 is 1.43 bits per heavy atom. The van der Waals surface area contributed by atoms with Crippen molar-refractivity contribution in [1.82, 2.24) is 14.9 Å². The molecule has 5 nitrogen and oxygen atoms in total. The SMILES string of the molecule is CC(c1cccs1)N(C)C(=O)CCSCc1nc2sc3c(c2c(=O)[nH]1)CCC3. The molecule has 0 aliphatic heterocycles. The quantitative estimate of drug-likeness (QED) is 0.562. The maximum absolute atomic E-state index is 12.5. The molecule has 1 aliphatic carbocycles. The third-order valence-corrected chi connectivity index (χ3v) is 8.45. The van der Waals surface area contributed by atoms with Crippen LogP contribution < -0.4 is 5.56 Å². The zero-order chi connectivity index (χ0) is 19.7. The molecule has 1 unspecified atom stereocenters. The average Bonchev–Trinajstić information content (AvgIpc) is 3.40. The first kappa shape index (κ1) is 19.7. The van der Waals surface area contributed by atoms with E-state index in [1.807, 2.05) is 23.4 Å². The summed E-state index contributed by atoms with van der Waals surface area (Å²) >= 11 is 4.97. The van der Waals surface area contributed by atoms with Gasteiger partial charge >= 0.3 is 0 Å². The Kier molecular flexibility index (Phi) is 5.89. The molecule has 0 aromatic carbocycles. The monoisotopic (exact) mass is 433 g/mol. The molecule has 28 heavy (non-hydrogen) atoms. The van der Waals surface area contributed by atoms with E-state index in [2.05, 4.69) is 23.0 Å². The van der Waals surface area contributed by atoms with Crippen LogP contribution in [0, 0.1) is 0 Å². The zero-order valence-corrected chi connectivity index (χ0v) is 18.4. The van der Waals surface area contributed by atoms with E-state index < -0.39 is 0 Å². The Hall–Kier alpha value is -1.64. The summed E-state index contributed by atoms with van der Waals surface area (Å²) in [5.41, 5.74) is 1.20. The first-order chi connectivity index (χ1) is 13.5. The molecule has 0 saturated carbocycles. The molecule has 4 rings (SSSR count). The largest absolute Gasteiger partial charge is 0.338 e. The number of aromatic amines is 1. The first-order valence-corrected chi connectivity index (χ1v) is 12.3. The molecule has 1 aliphatic rings. The van der Waals surface area contributed by atoms with Gasteiger partial charge in [0, 0.05) is 29.0 Å². The Bertz CT molecular complexity index is 1040. The highest BCUT2D eigenvalue weighted by Crippen LogP contribution is 2.34. The summed E-state index contributed by atoms with van der Waals surface area (Å²) in [7, 11) is 1.86. The third kappa shape index (κ3) is 3.90. The smallest absolute Gasteiger partial charge is 0.259 e. The Morgan fingerprint density at radius 2 is 2.29 bits per heavy atom. The molecule has 0 saturated heterocycles. The second-order valence-electron chi connectivity index (χ2n) is 7.05. The van der Waals surface area contributed by atoms with Gasteiger partial charge in [-0.05, 0) is 43.2 Å². The van der Waals surface area contributed by atoms with Crippen LogP contribution in [0.4, 0.5) is 0 Å². The molecule has 3 heterocycles. The van der Waals surface area contributed by atoms with Gasteiger partial charge in [0.15, 0.2) is 0 Å². The lowest BCUT2D eigenvalue weighted by Crippen LogP contribution is -2.29. The van der Waals surface area contributed by atoms with Crippen molar-refractivity contribution in [2.45, 2.75) is 44.4 Å². The van der Waals surface area contributed by atoms with Crippen LogP contribution in [0.2, 0.25) is 0 Å². The van der Waals surface area contributed by atoms with E-state index in [9.17, 15) is 9.59 Å². The number of aromatic nitrogens is 2. The Labute approximate surface area is 176 Å². The van der Waals surface area contributed by atoms with Crippen molar-refractivity contribution in [2.75, 3.05) is 12.8 Å². The number of aryl methyl sites for hydroxylation is 2. The highest BCUT2D eigenvalue weighted by Gasteiger charge is 2.21. The van der Waals surface area contributed by atoms with Crippen molar-refractivity contribution in [1.29, 1.82) is 0 Å². The molecule has 3 aromatic heterocycles. The lowest BCUT2D eigenvalue weighted by Gasteiger charge is -2.24. The number of hydrogen-bond acceptors (Lipinski definition) is 6. The summed E-state index contributed by atoms with van der Waals surface area (Å²) < 4.78 is 0. The standard InChI is InChI=1S/C20H23N3O2S3/c1-12(14-7-4-9-27-14)23(2)17(24)8-10-26-11-16-21-19(25)18-13-5-3-6-15(13)28-20(18)22-16/h4,7,9,12H,3,5-6,8,10-11H2,1-2H3,(H,21,22,25). The molecule has 3 aromatic rings. The van der Waals surface area contributed by atoms with Crippen molar-refractivity contribution >= 4 is 50.6 Å². The van der Waals surface area contributed by atoms with Gasteiger partial charge in [-0.25, -0.2) is 4.98 Å². The topological polar surface area (TPSA) is 66.1 Å². The fraction of sp³-hybridized carbons (Fsp3) is 0.450. The zero-order valence-electron chi connectivity index (χ0n) is 16.0. The molecular formula is C20H23N3O2S3. The van der Waals surface area contributed by atoms with Gasteiger partial charge in [-0.15, -0.1) is 22.7 Å². The van der Waals surface area contributed by atoms with Crippen LogP contribution >= 0.6 is 34.4 Å². The molecular weight excluding hydrogens is 410 g/mol. The fourth-order valence-electron chi connectivity index (χ4n) is 3.56. The predicted octanol–water partition coefficient (Wildman–Crippen LogP) is 4.38. The predicted molar refractivity (Wildman–Crippen MR) is 119 cm³/mol. The molecule has 148 valence electrons. The highest BCUT2D eigenvalue weighted by atomic mass is 32.2. The van der Waals surface area contributed by atoms with Gasteiger partial charge < -0.3 is 9.88 Å². The molecule has 1 atom stereocenters. The number of carbonyl (C=O) groups is 1. The molecule has 1 N–H and O–H groups in total. The summed E-state index contributed by atoms with van der Waals surface area (Å²) in [5.74, 6) is 2.17. The van der Waals surface area contributed by atoms with Gasteiger partial charge in [0.25, 0.3) is 5.56 Å². The lowest BCUT2D eigenvalue weighted by molar-refractivity contribution is -0.131. The van der Waals surface area contributed by atoms with Crippen LogP contribution in [-0.4, -0.2) is 33.6 Å². The van der Waals surface area contributed by atoms with Crippen molar-refractivity contribution < 1.29 is 4.79 Å². The minimum Gasteiger partial charge on any atom is -0.338 e. The molecule has 1 amide bonds. The summed E-state index contributed by atoms with van der Waals surface area (Å²) in [6, 6.07) is 4.17. The number of H-pyrrole nitrogens is 1. The van der Waals surface area contributed by atoms with Crippen LogP contribution in [-0.2, 0) is 23.4 Å². The van der Waals surface area contributed by atoms with E-state index >= 15 is 0 Å². The van der Waals surface area contributed by atoms with Gasteiger partial charge in [-0.1, -0.05) is 6.07 Å². The first-order valence-electron chi connectivity index (χ1n) is 9.45. The van der Waals surface area contributed by atoms with Crippen molar-refractivity contribution in [3.05, 3.63) is 49.0 Å². The molecule has 0 fully saturated rings. The lowest BCUT2D eigenvalue weighted by atomic mass is 10.2. The van der Waals surface area contributed by atoms with Gasteiger partial charge in [-0.3, -0.25) is 9.59 Å².